The summed E-state index contributed by atoms with van der Waals surface area (Å²) in [6, 6.07) is 0.745. The Hall–Kier alpha value is -0.120. The standard InChI is InChI=1S/C14H26N2O/c15-8-11-4-2-1-3-5-14(11)16-9-12-6-7-13(10-16)17-12/h11-14H,1-10,15H2. The summed E-state index contributed by atoms with van der Waals surface area (Å²) in [6.45, 7) is 3.20. The number of fused-ring (bicyclic) bond motifs is 2. The number of hydrogen-bond donors (Lipinski definition) is 1. The van der Waals surface area contributed by atoms with Gasteiger partial charge in [-0.15, -0.1) is 0 Å². The van der Waals surface area contributed by atoms with Gasteiger partial charge in [-0.25, -0.2) is 0 Å². The maximum Gasteiger partial charge on any atom is 0.0707 e. The Kier molecular flexibility index (Phi) is 3.69. The van der Waals surface area contributed by atoms with Gasteiger partial charge in [0.25, 0.3) is 0 Å². The number of rotatable bonds is 2. The summed E-state index contributed by atoms with van der Waals surface area (Å²) < 4.78 is 5.95. The summed E-state index contributed by atoms with van der Waals surface area (Å²) in [7, 11) is 0. The summed E-state index contributed by atoms with van der Waals surface area (Å²) in [6.07, 6.45) is 10.5. The first-order valence-corrected chi connectivity index (χ1v) is 7.46. The Balaban J connectivity index is 1.68. The zero-order chi connectivity index (χ0) is 11.7. The fraction of sp³-hybridized carbons (Fsp3) is 1.00. The number of ether oxygens (including phenoxy) is 1. The second-order valence-corrected chi connectivity index (χ2v) is 6.11. The molecule has 3 heteroatoms. The molecule has 3 aliphatic rings. The van der Waals surface area contributed by atoms with E-state index in [4.69, 9.17) is 10.5 Å². The van der Waals surface area contributed by atoms with Gasteiger partial charge in [0, 0.05) is 19.1 Å². The highest BCUT2D eigenvalue weighted by atomic mass is 16.5. The van der Waals surface area contributed by atoms with Crippen LogP contribution in [0.3, 0.4) is 0 Å². The van der Waals surface area contributed by atoms with Crippen LogP contribution in [0.5, 0.6) is 0 Å². The summed E-state index contributed by atoms with van der Waals surface area (Å²) in [5.74, 6) is 0.731. The van der Waals surface area contributed by atoms with Crippen molar-refractivity contribution in [3.05, 3.63) is 0 Å². The Morgan fingerprint density at radius 2 is 1.65 bits per heavy atom. The van der Waals surface area contributed by atoms with Crippen LogP contribution in [0.25, 0.3) is 0 Å². The largest absolute Gasteiger partial charge is 0.372 e. The van der Waals surface area contributed by atoms with Crippen molar-refractivity contribution in [3.8, 4) is 0 Å². The van der Waals surface area contributed by atoms with Gasteiger partial charge in [0.2, 0.25) is 0 Å². The highest BCUT2D eigenvalue weighted by Gasteiger charge is 2.38. The van der Waals surface area contributed by atoms with Gasteiger partial charge in [0.1, 0.15) is 0 Å². The Morgan fingerprint density at radius 1 is 0.941 bits per heavy atom. The van der Waals surface area contributed by atoms with Crippen LogP contribution < -0.4 is 5.73 Å². The van der Waals surface area contributed by atoms with Crippen molar-refractivity contribution in [2.45, 2.75) is 63.2 Å². The van der Waals surface area contributed by atoms with E-state index in [9.17, 15) is 0 Å². The molecule has 3 fully saturated rings. The van der Waals surface area contributed by atoms with Crippen LogP contribution in [-0.2, 0) is 4.74 Å². The maximum absolute atomic E-state index is 6.00. The van der Waals surface area contributed by atoms with E-state index < -0.39 is 0 Å². The minimum absolute atomic E-state index is 0.524. The van der Waals surface area contributed by atoms with Gasteiger partial charge in [-0.1, -0.05) is 19.3 Å². The van der Waals surface area contributed by atoms with Gasteiger partial charge in [-0.2, -0.15) is 0 Å². The van der Waals surface area contributed by atoms with Crippen LogP contribution in [0.4, 0.5) is 0 Å². The maximum atomic E-state index is 6.00. The minimum atomic E-state index is 0.524. The lowest BCUT2D eigenvalue weighted by molar-refractivity contribution is -0.0615. The lowest BCUT2D eigenvalue weighted by atomic mass is 9.93. The molecule has 4 atom stereocenters. The van der Waals surface area contributed by atoms with Crippen LogP contribution in [0.2, 0.25) is 0 Å². The summed E-state index contributed by atoms with van der Waals surface area (Å²) in [5, 5.41) is 0. The lowest BCUT2D eigenvalue weighted by Crippen LogP contribution is -2.51. The lowest BCUT2D eigenvalue weighted by Gasteiger charge is -2.40. The number of hydrogen-bond acceptors (Lipinski definition) is 3. The van der Waals surface area contributed by atoms with E-state index in [0.29, 0.717) is 12.2 Å². The highest BCUT2D eigenvalue weighted by molar-refractivity contribution is 4.91. The molecule has 2 N–H and O–H groups in total. The van der Waals surface area contributed by atoms with Crippen LogP contribution in [0, 0.1) is 5.92 Å². The first-order chi connectivity index (χ1) is 8.36. The molecule has 0 spiro atoms. The molecule has 3 nitrogen and oxygen atoms in total. The third kappa shape index (κ3) is 2.51. The van der Waals surface area contributed by atoms with Gasteiger partial charge >= 0.3 is 0 Å². The van der Waals surface area contributed by atoms with Crippen LogP contribution in [-0.4, -0.2) is 42.8 Å². The van der Waals surface area contributed by atoms with Crippen molar-refractivity contribution in [1.29, 1.82) is 0 Å². The topological polar surface area (TPSA) is 38.5 Å². The summed E-state index contributed by atoms with van der Waals surface area (Å²) in [5.41, 5.74) is 6.00. The zero-order valence-electron chi connectivity index (χ0n) is 10.8. The van der Waals surface area contributed by atoms with Gasteiger partial charge < -0.3 is 10.5 Å². The zero-order valence-corrected chi connectivity index (χ0v) is 10.8. The van der Waals surface area contributed by atoms with Crippen molar-refractivity contribution >= 4 is 0 Å². The molecule has 0 amide bonds. The van der Waals surface area contributed by atoms with E-state index in [1.807, 2.05) is 0 Å². The van der Waals surface area contributed by atoms with Crippen molar-refractivity contribution in [1.82, 2.24) is 4.90 Å². The number of nitrogens with zero attached hydrogens (tertiary/aromatic N) is 1. The molecule has 2 bridgehead atoms. The van der Waals surface area contributed by atoms with E-state index in [-0.39, 0.29) is 0 Å². The molecule has 98 valence electrons. The average molecular weight is 238 g/mol. The van der Waals surface area contributed by atoms with E-state index in [0.717, 1.165) is 31.6 Å². The molecule has 0 aromatic heterocycles. The Labute approximate surface area is 105 Å². The van der Waals surface area contributed by atoms with E-state index in [1.165, 1.54) is 44.9 Å². The highest BCUT2D eigenvalue weighted by Crippen LogP contribution is 2.33. The molecule has 0 aromatic rings. The molecule has 4 unspecified atom stereocenters. The van der Waals surface area contributed by atoms with E-state index in [2.05, 4.69) is 4.90 Å². The van der Waals surface area contributed by atoms with Gasteiger partial charge in [0.05, 0.1) is 12.2 Å². The molecule has 2 saturated heterocycles. The molecule has 2 aliphatic heterocycles. The van der Waals surface area contributed by atoms with Crippen molar-refractivity contribution in [3.63, 3.8) is 0 Å². The van der Waals surface area contributed by atoms with Gasteiger partial charge in [0.15, 0.2) is 0 Å². The van der Waals surface area contributed by atoms with Gasteiger partial charge in [-0.05, 0) is 38.1 Å². The molecule has 17 heavy (non-hydrogen) atoms. The predicted molar refractivity (Wildman–Crippen MR) is 68.9 cm³/mol. The first kappa shape index (κ1) is 11.9. The van der Waals surface area contributed by atoms with Crippen LogP contribution in [0.15, 0.2) is 0 Å². The molecule has 1 saturated carbocycles. The minimum Gasteiger partial charge on any atom is -0.372 e. The van der Waals surface area contributed by atoms with Crippen LogP contribution in [0.1, 0.15) is 44.9 Å². The molecule has 0 aromatic carbocycles. The van der Waals surface area contributed by atoms with Crippen molar-refractivity contribution in [2.75, 3.05) is 19.6 Å². The fourth-order valence-corrected chi connectivity index (χ4v) is 4.04. The molecule has 0 radical (unpaired) electrons. The van der Waals surface area contributed by atoms with E-state index >= 15 is 0 Å². The smallest absolute Gasteiger partial charge is 0.0707 e. The number of likely N-dealkylation sites (tertiary alicyclic amines) is 1. The Morgan fingerprint density at radius 3 is 2.35 bits per heavy atom. The van der Waals surface area contributed by atoms with Gasteiger partial charge in [-0.3, -0.25) is 4.90 Å². The number of nitrogens with two attached hydrogens (primary N) is 1. The second-order valence-electron chi connectivity index (χ2n) is 6.11. The monoisotopic (exact) mass is 238 g/mol. The van der Waals surface area contributed by atoms with Crippen LogP contribution >= 0.6 is 0 Å². The predicted octanol–water partition coefficient (Wildman–Crippen LogP) is 1.76. The fourth-order valence-electron chi connectivity index (χ4n) is 4.04. The average Bonchev–Trinajstić information content (AvgIpc) is 2.57. The van der Waals surface area contributed by atoms with Crippen molar-refractivity contribution in [2.24, 2.45) is 11.7 Å². The molecule has 3 rings (SSSR count). The summed E-state index contributed by atoms with van der Waals surface area (Å²) in [4.78, 5) is 2.72. The molecule has 2 heterocycles. The molecular weight excluding hydrogens is 212 g/mol. The third-order valence-corrected chi connectivity index (χ3v) is 4.96. The first-order valence-electron chi connectivity index (χ1n) is 7.46. The summed E-state index contributed by atoms with van der Waals surface area (Å²) >= 11 is 0. The molecule has 1 aliphatic carbocycles. The molecular formula is C14H26N2O. The normalized spacial score (nSPS) is 43.6. The number of morpholine rings is 1. The van der Waals surface area contributed by atoms with E-state index in [1.54, 1.807) is 0 Å². The quantitative estimate of drug-likeness (QED) is 0.745. The Bertz CT molecular complexity index is 247. The van der Waals surface area contributed by atoms with Crippen molar-refractivity contribution < 1.29 is 4.74 Å². The SMILES string of the molecule is NCC1CCCCCC1N1CC2CCC(C1)O2. The second kappa shape index (κ2) is 5.25. The third-order valence-electron chi connectivity index (χ3n) is 4.96.